The average molecular weight is 526 g/mol. The van der Waals surface area contributed by atoms with Crippen LogP contribution in [0, 0.1) is 0 Å². The molecule has 8 rings (SSSR count). The Hall–Kier alpha value is -5.41. The maximum Gasteiger partial charge on any atom is 0.133 e. The molecule has 3 aromatic heterocycles. The maximum absolute atomic E-state index is 4.74. The summed E-state index contributed by atoms with van der Waals surface area (Å²) >= 11 is 0. The van der Waals surface area contributed by atoms with Crippen LogP contribution in [0.15, 0.2) is 146 Å². The van der Waals surface area contributed by atoms with Gasteiger partial charge in [0.05, 0.1) is 16.6 Å². The third-order valence-corrected chi connectivity index (χ3v) is 8.22. The van der Waals surface area contributed by atoms with Gasteiger partial charge in [0, 0.05) is 40.7 Å². The summed E-state index contributed by atoms with van der Waals surface area (Å²) in [5.74, 6) is 0.908. The number of nitrogens with zero attached hydrogens (tertiary/aromatic N) is 3. The van der Waals surface area contributed by atoms with Crippen LogP contribution in [-0.2, 0) is 0 Å². The molecule has 0 aliphatic carbocycles. The van der Waals surface area contributed by atoms with Crippen LogP contribution in [-0.4, -0.2) is 16.4 Å². The van der Waals surface area contributed by atoms with Crippen molar-refractivity contribution in [3.63, 3.8) is 0 Å². The van der Waals surface area contributed by atoms with Crippen LogP contribution in [0.2, 0.25) is 0 Å². The number of hydrogen-bond donors (Lipinski definition) is 0. The molecular formula is C38H27N3. The summed E-state index contributed by atoms with van der Waals surface area (Å²) in [5.41, 5.74) is 9.46. The van der Waals surface area contributed by atoms with Gasteiger partial charge in [0.25, 0.3) is 0 Å². The van der Waals surface area contributed by atoms with Gasteiger partial charge in [-0.1, -0.05) is 103 Å². The fourth-order valence-corrected chi connectivity index (χ4v) is 6.21. The summed E-state index contributed by atoms with van der Waals surface area (Å²) in [6.07, 6.45) is 1.89. The van der Waals surface area contributed by atoms with Gasteiger partial charge in [-0.05, 0) is 58.5 Å². The minimum Gasteiger partial charge on any atom is -0.329 e. The standard InChI is InChI=1S/C38H27N3/c1-40(38-25-27(21-22-39-38)26-11-3-2-4-12-26)34-17-9-7-13-30(34)28-19-20-29-24-37-33-16-6-5-14-31(33)32-15-8-10-18-35(32)41(37)36(29)23-28/h2-25H,1H3. The number of aromatic nitrogens is 2. The zero-order valence-electron chi connectivity index (χ0n) is 22.7. The fourth-order valence-electron chi connectivity index (χ4n) is 6.21. The molecule has 0 saturated carbocycles. The highest BCUT2D eigenvalue weighted by Gasteiger charge is 2.16. The first-order chi connectivity index (χ1) is 20.3. The van der Waals surface area contributed by atoms with Crippen LogP contribution in [0.25, 0.3) is 60.3 Å². The van der Waals surface area contributed by atoms with Crippen LogP contribution in [0.1, 0.15) is 0 Å². The van der Waals surface area contributed by atoms with E-state index in [9.17, 15) is 0 Å². The van der Waals surface area contributed by atoms with Crippen LogP contribution in [0.5, 0.6) is 0 Å². The summed E-state index contributed by atoms with van der Waals surface area (Å²) in [4.78, 5) is 6.93. The Bertz CT molecular complexity index is 2230. The van der Waals surface area contributed by atoms with Gasteiger partial charge in [-0.3, -0.25) is 0 Å². The second-order valence-electron chi connectivity index (χ2n) is 10.5. The SMILES string of the molecule is CN(c1cc(-c2ccccc2)ccn1)c1ccccc1-c1ccc2cc3c4ccccc4c4ccccc4n3c2c1. The summed E-state index contributed by atoms with van der Waals surface area (Å²) < 4.78 is 2.42. The molecule has 0 N–H and O–H groups in total. The van der Waals surface area contributed by atoms with Crippen molar-refractivity contribution in [1.29, 1.82) is 0 Å². The van der Waals surface area contributed by atoms with Gasteiger partial charge in [0.2, 0.25) is 0 Å². The molecule has 0 saturated heterocycles. The van der Waals surface area contributed by atoms with E-state index in [1.165, 1.54) is 54.8 Å². The largest absolute Gasteiger partial charge is 0.329 e. The van der Waals surface area contributed by atoms with Crippen molar-refractivity contribution >= 4 is 49.6 Å². The third kappa shape index (κ3) is 3.78. The predicted molar refractivity (Wildman–Crippen MR) is 173 cm³/mol. The van der Waals surface area contributed by atoms with E-state index in [2.05, 4.69) is 150 Å². The van der Waals surface area contributed by atoms with Gasteiger partial charge in [-0.25, -0.2) is 4.98 Å². The summed E-state index contributed by atoms with van der Waals surface area (Å²) in [6, 6.07) is 49.9. The zero-order chi connectivity index (χ0) is 27.3. The van der Waals surface area contributed by atoms with Crippen LogP contribution < -0.4 is 4.90 Å². The molecule has 8 aromatic rings. The van der Waals surface area contributed by atoms with E-state index >= 15 is 0 Å². The Morgan fingerprint density at radius 1 is 0.512 bits per heavy atom. The van der Waals surface area contributed by atoms with Gasteiger partial charge in [0.15, 0.2) is 0 Å². The topological polar surface area (TPSA) is 20.5 Å². The van der Waals surface area contributed by atoms with Gasteiger partial charge in [0.1, 0.15) is 5.82 Å². The van der Waals surface area contributed by atoms with E-state index in [-0.39, 0.29) is 0 Å². The Kier molecular flexibility index (Phi) is 5.36. The number of para-hydroxylation sites is 2. The van der Waals surface area contributed by atoms with Crippen molar-refractivity contribution in [1.82, 2.24) is 9.38 Å². The molecule has 3 heteroatoms. The molecule has 0 fully saturated rings. The highest BCUT2D eigenvalue weighted by atomic mass is 15.2. The van der Waals surface area contributed by atoms with E-state index in [1.807, 2.05) is 12.3 Å². The van der Waals surface area contributed by atoms with Crippen molar-refractivity contribution in [3.05, 3.63) is 146 Å². The van der Waals surface area contributed by atoms with E-state index in [4.69, 9.17) is 4.98 Å². The summed E-state index contributed by atoms with van der Waals surface area (Å²) in [6.45, 7) is 0. The fraction of sp³-hybridized carbons (Fsp3) is 0.0263. The first-order valence-electron chi connectivity index (χ1n) is 14.0. The number of anilines is 2. The Morgan fingerprint density at radius 3 is 2.07 bits per heavy atom. The van der Waals surface area contributed by atoms with Crippen LogP contribution in [0.3, 0.4) is 0 Å². The molecule has 3 heterocycles. The van der Waals surface area contributed by atoms with E-state index in [0.29, 0.717) is 0 Å². The third-order valence-electron chi connectivity index (χ3n) is 8.22. The highest BCUT2D eigenvalue weighted by molar-refractivity contribution is 6.15. The molecule has 0 spiro atoms. The Balaban J connectivity index is 1.30. The Morgan fingerprint density at radius 2 is 1.22 bits per heavy atom. The first-order valence-corrected chi connectivity index (χ1v) is 14.0. The molecule has 194 valence electrons. The number of rotatable bonds is 4. The highest BCUT2D eigenvalue weighted by Crippen LogP contribution is 2.38. The number of pyridine rings is 2. The minimum absolute atomic E-state index is 0.908. The first kappa shape index (κ1) is 23.5. The molecule has 0 unspecified atom stereocenters. The molecule has 0 radical (unpaired) electrons. The molecule has 3 nitrogen and oxygen atoms in total. The average Bonchev–Trinajstić information content (AvgIpc) is 3.44. The van der Waals surface area contributed by atoms with Gasteiger partial charge in [-0.2, -0.15) is 0 Å². The second kappa shape index (κ2) is 9.35. The normalized spacial score (nSPS) is 11.5. The van der Waals surface area contributed by atoms with Gasteiger partial charge < -0.3 is 9.30 Å². The molecule has 0 aliphatic heterocycles. The van der Waals surface area contributed by atoms with Crippen molar-refractivity contribution in [2.45, 2.75) is 0 Å². The van der Waals surface area contributed by atoms with E-state index in [0.717, 1.165) is 17.1 Å². The van der Waals surface area contributed by atoms with Crippen LogP contribution >= 0.6 is 0 Å². The summed E-state index contributed by atoms with van der Waals surface area (Å²) in [5, 5.41) is 5.06. The number of fused-ring (bicyclic) bond motifs is 8. The molecule has 0 bridgehead atoms. The molecule has 5 aromatic carbocycles. The molecular weight excluding hydrogens is 498 g/mol. The Labute approximate surface area is 238 Å². The number of benzene rings is 5. The van der Waals surface area contributed by atoms with Gasteiger partial charge in [-0.15, -0.1) is 0 Å². The maximum atomic E-state index is 4.74. The minimum atomic E-state index is 0.908. The van der Waals surface area contributed by atoms with Crippen LogP contribution in [0.4, 0.5) is 11.5 Å². The monoisotopic (exact) mass is 525 g/mol. The van der Waals surface area contributed by atoms with Crippen molar-refractivity contribution in [2.75, 3.05) is 11.9 Å². The lowest BCUT2D eigenvalue weighted by atomic mass is 10.0. The number of hydrogen-bond acceptors (Lipinski definition) is 2. The van der Waals surface area contributed by atoms with Crippen molar-refractivity contribution in [3.8, 4) is 22.3 Å². The summed E-state index contributed by atoms with van der Waals surface area (Å²) in [7, 11) is 2.10. The van der Waals surface area contributed by atoms with E-state index in [1.54, 1.807) is 0 Å². The molecule has 0 amide bonds. The lowest BCUT2D eigenvalue weighted by molar-refractivity contribution is 1.13. The second-order valence-corrected chi connectivity index (χ2v) is 10.5. The lowest BCUT2D eigenvalue weighted by Gasteiger charge is -2.22. The lowest BCUT2D eigenvalue weighted by Crippen LogP contribution is -2.12. The molecule has 41 heavy (non-hydrogen) atoms. The molecule has 0 atom stereocenters. The van der Waals surface area contributed by atoms with Crippen molar-refractivity contribution < 1.29 is 0 Å². The molecule has 0 aliphatic rings. The smallest absolute Gasteiger partial charge is 0.133 e. The predicted octanol–water partition coefficient (Wildman–Crippen LogP) is 9.90. The zero-order valence-corrected chi connectivity index (χ0v) is 22.7. The van der Waals surface area contributed by atoms with E-state index < -0.39 is 0 Å². The van der Waals surface area contributed by atoms with Gasteiger partial charge >= 0.3 is 0 Å². The quantitative estimate of drug-likeness (QED) is 0.213. The van der Waals surface area contributed by atoms with Crippen molar-refractivity contribution in [2.24, 2.45) is 0 Å².